The summed E-state index contributed by atoms with van der Waals surface area (Å²) in [7, 11) is 1.64. The molecular weight excluding hydrogens is 260 g/mol. The van der Waals surface area contributed by atoms with Gasteiger partial charge in [0.15, 0.2) is 0 Å². The van der Waals surface area contributed by atoms with Gasteiger partial charge in [-0.3, -0.25) is 4.79 Å². The van der Waals surface area contributed by atoms with Crippen LogP contribution in [0.2, 0.25) is 0 Å². The quantitative estimate of drug-likeness (QED) is 0.902. The number of anilines is 1. The van der Waals surface area contributed by atoms with Gasteiger partial charge in [0.1, 0.15) is 5.75 Å². The average Bonchev–Trinajstić information content (AvgIpc) is 3.01. The van der Waals surface area contributed by atoms with Crippen molar-refractivity contribution in [3.8, 4) is 5.75 Å². The Bertz CT molecular complexity index is 636. The average molecular weight is 274 g/mol. The maximum Gasteiger partial charge on any atom is 0.228 e. The molecule has 2 heterocycles. The van der Waals surface area contributed by atoms with Gasteiger partial charge in [-0.05, 0) is 23.3 Å². The van der Waals surface area contributed by atoms with Crippen LogP contribution in [-0.2, 0) is 11.2 Å². The van der Waals surface area contributed by atoms with Crippen molar-refractivity contribution >= 4 is 22.9 Å². The second-order valence-electron chi connectivity index (χ2n) is 4.51. The predicted octanol–water partition coefficient (Wildman–Crippen LogP) is 2.30. The van der Waals surface area contributed by atoms with E-state index in [1.54, 1.807) is 18.4 Å². The molecule has 3 N–H and O–H groups in total. The molecule has 1 atom stereocenters. The third-order valence-corrected chi connectivity index (χ3v) is 4.25. The number of carbonyl (C=O) groups is 1. The van der Waals surface area contributed by atoms with Crippen LogP contribution >= 0.6 is 11.3 Å². The Morgan fingerprint density at radius 1 is 1.42 bits per heavy atom. The Hall–Kier alpha value is -1.85. The summed E-state index contributed by atoms with van der Waals surface area (Å²) >= 11 is 1.58. The number of benzene rings is 1. The molecule has 0 saturated carbocycles. The number of carbonyl (C=O) groups excluding carboxylic acids is 1. The first-order valence-electron chi connectivity index (χ1n) is 5.98. The highest BCUT2D eigenvalue weighted by Gasteiger charge is 2.20. The van der Waals surface area contributed by atoms with E-state index in [1.165, 1.54) is 0 Å². The van der Waals surface area contributed by atoms with E-state index in [9.17, 15) is 4.79 Å². The van der Waals surface area contributed by atoms with E-state index in [4.69, 9.17) is 10.5 Å². The zero-order chi connectivity index (χ0) is 13.4. The van der Waals surface area contributed by atoms with Crippen LogP contribution in [0.5, 0.6) is 5.75 Å². The summed E-state index contributed by atoms with van der Waals surface area (Å²) in [4.78, 5) is 12.4. The Kier molecular flexibility index (Phi) is 3.00. The molecule has 0 bridgehead atoms. The molecule has 1 aliphatic rings. The van der Waals surface area contributed by atoms with Crippen LogP contribution in [0.1, 0.15) is 22.0 Å². The summed E-state index contributed by atoms with van der Waals surface area (Å²) in [5, 5.41) is 4.76. The van der Waals surface area contributed by atoms with Crippen LogP contribution in [0.4, 0.5) is 5.69 Å². The van der Waals surface area contributed by atoms with Gasteiger partial charge in [-0.2, -0.15) is 0 Å². The van der Waals surface area contributed by atoms with Crippen LogP contribution in [-0.4, -0.2) is 13.0 Å². The van der Waals surface area contributed by atoms with Crippen molar-refractivity contribution in [2.24, 2.45) is 5.73 Å². The fourth-order valence-electron chi connectivity index (χ4n) is 2.21. The molecule has 19 heavy (non-hydrogen) atoms. The second kappa shape index (κ2) is 4.68. The number of hydrogen-bond acceptors (Lipinski definition) is 4. The van der Waals surface area contributed by atoms with Crippen molar-refractivity contribution in [3.05, 3.63) is 45.6 Å². The van der Waals surface area contributed by atoms with Crippen LogP contribution in [0, 0.1) is 0 Å². The van der Waals surface area contributed by atoms with E-state index in [-0.39, 0.29) is 11.9 Å². The fourth-order valence-corrected chi connectivity index (χ4v) is 3.09. The molecule has 0 saturated heterocycles. The Labute approximate surface area is 115 Å². The number of amides is 1. The summed E-state index contributed by atoms with van der Waals surface area (Å²) in [6.07, 6.45) is 0.434. The number of ether oxygens (including phenoxy) is 1. The normalized spacial score (nSPS) is 14.9. The second-order valence-corrected chi connectivity index (χ2v) is 5.45. The lowest BCUT2D eigenvalue weighted by molar-refractivity contribution is -0.115. The van der Waals surface area contributed by atoms with E-state index in [0.717, 1.165) is 27.4 Å². The lowest BCUT2D eigenvalue weighted by Gasteiger charge is -2.11. The highest BCUT2D eigenvalue weighted by Crippen LogP contribution is 2.32. The standard InChI is InChI=1S/C14H14N2O2S/c1-18-10-6-12(19-7-10)14(15)8-2-3-11-9(4-8)5-13(17)16-11/h2-4,6-7,14H,5,15H2,1H3,(H,16,17). The molecule has 1 aromatic heterocycles. The minimum Gasteiger partial charge on any atom is -0.496 e. The Balaban J connectivity index is 1.90. The van der Waals surface area contributed by atoms with Gasteiger partial charge in [0, 0.05) is 15.9 Å². The molecule has 0 aliphatic carbocycles. The number of hydrogen-bond donors (Lipinski definition) is 2. The number of thiophene rings is 1. The van der Waals surface area contributed by atoms with Crippen molar-refractivity contribution < 1.29 is 9.53 Å². The Morgan fingerprint density at radius 3 is 3.00 bits per heavy atom. The molecule has 4 nitrogen and oxygen atoms in total. The lowest BCUT2D eigenvalue weighted by atomic mass is 10.0. The van der Waals surface area contributed by atoms with Crippen LogP contribution in [0.3, 0.4) is 0 Å². The van der Waals surface area contributed by atoms with Gasteiger partial charge in [-0.25, -0.2) is 0 Å². The van der Waals surface area contributed by atoms with E-state index < -0.39 is 0 Å². The molecule has 0 fully saturated rings. The van der Waals surface area contributed by atoms with Gasteiger partial charge < -0.3 is 15.8 Å². The monoisotopic (exact) mass is 274 g/mol. The number of fused-ring (bicyclic) bond motifs is 1. The molecule has 98 valence electrons. The van der Waals surface area contributed by atoms with E-state index in [0.29, 0.717) is 6.42 Å². The number of methoxy groups -OCH3 is 1. The van der Waals surface area contributed by atoms with Crippen LogP contribution in [0.15, 0.2) is 29.6 Å². The highest BCUT2D eigenvalue weighted by atomic mass is 32.1. The highest BCUT2D eigenvalue weighted by molar-refractivity contribution is 7.10. The van der Waals surface area contributed by atoms with Gasteiger partial charge in [0.05, 0.1) is 19.6 Å². The molecule has 1 aliphatic heterocycles. The summed E-state index contributed by atoms with van der Waals surface area (Å²) in [6.45, 7) is 0. The zero-order valence-electron chi connectivity index (χ0n) is 10.5. The molecule has 0 radical (unpaired) electrons. The van der Waals surface area contributed by atoms with Crippen molar-refractivity contribution in [1.29, 1.82) is 0 Å². The van der Waals surface area contributed by atoms with Gasteiger partial charge >= 0.3 is 0 Å². The maximum atomic E-state index is 11.3. The predicted molar refractivity (Wildman–Crippen MR) is 75.7 cm³/mol. The fraction of sp³-hybridized carbons (Fsp3) is 0.214. The third-order valence-electron chi connectivity index (χ3n) is 3.25. The molecule has 1 amide bonds. The molecule has 0 spiro atoms. The van der Waals surface area contributed by atoms with Crippen molar-refractivity contribution in [3.63, 3.8) is 0 Å². The summed E-state index contributed by atoms with van der Waals surface area (Å²) in [5.74, 6) is 0.868. The maximum absolute atomic E-state index is 11.3. The molecule has 1 aromatic carbocycles. The molecule has 2 aromatic rings. The molecule has 1 unspecified atom stereocenters. The topological polar surface area (TPSA) is 64.3 Å². The van der Waals surface area contributed by atoms with Gasteiger partial charge in [0.25, 0.3) is 0 Å². The number of nitrogens with one attached hydrogen (secondary N) is 1. The number of nitrogens with two attached hydrogens (primary N) is 1. The molecule has 5 heteroatoms. The summed E-state index contributed by atoms with van der Waals surface area (Å²) in [6, 6.07) is 7.65. The number of rotatable bonds is 3. The first-order chi connectivity index (χ1) is 9.17. The van der Waals surface area contributed by atoms with Gasteiger partial charge in [-0.1, -0.05) is 12.1 Å². The largest absolute Gasteiger partial charge is 0.496 e. The lowest BCUT2D eigenvalue weighted by Crippen LogP contribution is -2.10. The zero-order valence-corrected chi connectivity index (χ0v) is 11.3. The Morgan fingerprint density at radius 2 is 2.26 bits per heavy atom. The van der Waals surface area contributed by atoms with Crippen LogP contribution < -0.4 is 15.8 Å². The first kappa shape index (κ1) is 12.2. The van der Waals surface area contributed by atoms with E-state index in [1.807, 2.05) is 29.6 Å². The minimum absolute atomic E-state index is 0.0403. The first-order valence-corrected chi connectivity index (χ1v) is 6.86. The van der Waals surface area contributed by atoms with E-state index in [2.05, 4.69) is 5.32 Å². The molecular formula is C14H14N2O2S. The van der Waals surface area contributed by atoms with Gasteiger partial charge in [0.2, 0.25) is 5.91 Å². The van der Waals surface area contributed by atoms with Crippen molar-refractivity contribution in [2.75, 3.05) is 12.4 Å². The third kappa shape index (κ3) is 2.22. The minimum atomic E-state index is -0.185. The summed E-state index contributed by atoms with van der Waals surface area (Å²) < 4.78 is 5.17. The van der Waals surface area contributed by atoms with E-state index >= 15 is 0 Å². The van der Waals surface area contributed by atoms with Gasteiger partial charge in [-0.15, -0.1) is 11.3 Å². The van der Waals surface area contributed by atoms with Crippen molar-refractivity contribution in [1.82, 2.24) is 0 Å². The smallest absolute Gasteiger partial charge is 0.228 e. The van der Waals surface area contributed by atoms with Crippen molar-refractivity contribution in [2.45, 2.75) is 12.5 Å². The van der Waals surface area contributed by atoms with Crippen LogP contribution in [0.25, 0.3) is 0 Å². The summed E-state index contributed by atoms with van der Waals surface area (Å²) in [5.41, 5.74) is 9.18. The molecule has 3 rings (SSSR count). The SMILES string of the molecule is COc1csc(C(N)c2ccc3c(c2)CC(=O)N3)c1.